The Kier molecular flexibility index (Phi) is 2.88. The highest BCUT2D eigenvalue weighted by Crippen LogP contribution is 2.41. The minimum atomic E-state index is -2.94. The number of hydrogen-bond acceptors (Lipinski definition) is 2. The second kappa shape index (κ2) is 3.68. The van der Waals surface area contributed by atoms with Gasteiger partial charge in [0.25, 0.3) is 5.92 Å². The van der Waals surface area contributed by atoms with E-state index in [1.54, 1.807) is 6.92 Å². The molecule has 1 heterocycles. The molecule has 1 aliphatic heterocycles. The minimum absolute atomic E-state index is 0.0286. The van der Waals surface area contributed by atoms with Gasteiger partial charge in [-0.15, -0.1) is 0 Å². The average molecular weight is 216 g/mol. The molecule has 0 amide bonds. The van der Waals surface area contributed by atoms with Crippen LogP contribution in [0.1, 0.15) is 13.8 Å². The van der Waals surface area contributed by atoms with Gasteiger partial charge in [-0.1, -0.05) is 25.7 Å². The zero-order valence-corrected chi connectivity index (χ0v) is 8.81. The van der Waals surface area contributed by atoms with Gasteiger partial charge < -0.3 is 9.84 Å². The van der Waals surface area contributed by atoms with Crippen molar-refractivity contribution in [2.45, 2.75) is 19.8 Å². The molecule has 4 heteroatoms. The lowest BCUT2D eigenvalue weighted by molar-refractivity contribution is -0.105. The Labute approximate surface area is 87.6 Å². The van der Waals surface area contributed by atoms with Crippen LogP contribution in [0.25, 0.3) is 0 Å². The summed E-state index contributed by atoms with van der Waals surface area (Å²) in [6.45, 7) is 9.13. The molecule has 0 bridgehead atoms. The Morgan fingerprint density at radius 2 is 2.07 bits per heavy atom. The zero-order chi connectivity index (χ0) is 11.8. The van der Waals surface area contributed by atoms with Gasteiger partial charge in [0, 0.05) is 5.57 Å². The van der Waals surface area contributed by atoms with E-state index in [2.05, 4.69) is 13.2 Å². The molecule has 0 aromatic heterocycles. The summed E-state index contributed by atoms with van der Waals surface area (Å²) in [6, 6.07) is 0. The quantitative estimate of drug-likeness (QED) is 0.718. The van der Waals surface area contributed by atoms with Gasteiger partial charge in [0.05, 0.1) is 5.92 Å². The first kappa shape index (κ1) is 11.8. The van der Waals surface area contributed by atoms with Gasteiger partial charge in [-0.3, -0.25) is 0 Å². The molecule has 1 unspecified atom stereocenters. The number of ether oxygens (including phenoxy) is 1. The molecule has 0 radical (unpaired) electrons. The Morgan fingerprint density at radius 3 is 2.47 bits per heavy atom. The van der Waals surface area contributed by atoms with Crippen molar-refractivity contribution >= 4 is 0 Å². The molecule has 84 valence electrons. The summed E-state index contributed by atoms with van der Waals surface area (Å²) in [7, 11) is 0. The van der Waals surface area contributed by atoms with Crippen LogP contribution >= 0.6 is 0 Å². The van der Waals surface area contributed by atoms with Gasteiger partial charge in [-0.25, -0.2) is 8.78 Å². The van der Waals surface area contributed by atoms with E-state index in [1.807, 2.05) is 0 Å². The number of allylic oxidation sites excluding steroid dienone is 2. The summed E-state index contributed by atoms with van der Waals surface area (Å²) >= 11 is 0. The maximum absolute atomic E-state index is 13.3. The lowest BCUT2D eigenvalue weighted by Crippen LogP contribution is -2.38. The molecule has 0 saturated carbocycles. The second-order valence-electron chi connectivity index (χ2n) is 3.74. The van der Waals surface area contributed by atoms with Crippen molar-refractivity contribution in [1.29, 1.82) is 0 Å². The summed E-state index contributed by atoms with van der Waals surface area (Å²) in [5, 5.41) is 9.22. The number of hydrogen-bond donors (Lipinski definition) is 1. The van der Waals surface area contributed by atoms with Crippen LogP contribution in [0.4, 0.5) is 8.78 Å². The summed E-state index contributed by atoms with van der Waals surface area (Å²) < 4.78 is 31.5. The molecule has 15 heavy (non-hydrogen) atoms. The molecule has 0 aromatic rings. The predicted octanol–water partition coefficient (Wildman–Crippen LogP) is 3.19. The molecule has 0 spiro atoms. The van der Waals surface area contributed by atoms with Crippen molar-refractivity contribution < 1.29 is 18.6 Å². The van der Waals surface area contributed by atoms with Crippen molar-refractivity contribution in [2.75, 3.05) is 6.61 Å². The fraction of sp³-hybridized carbons (Fsp3) is 0.455. The molecule has 0 fully saturated rings. The average Bonchev–Trinajstić information content (AvgIpc) is 2.08. The highest BCUT2D eigenvalue weighted by atomic mass is 19.3. The maximum Gasteiger partial charge on any atom is 0.287 e. The van der Waals surface area contributed by atoms with Crippen molar-refractivity contribution in [3.05, 3.63) is 35.8 Å². The van der Waals surface area contributed by atoms with Gasteiger partial charge >= 0.3 is 0 Å². The van der Waals surface area contributed by atoms with Gasteiger partial charge in [-0.05, 0) is 6.92 Å². The fourth-order valence-corrected chi connectivity index (χ4v) is 1.58. The Hall–Kier alpha value is -1.32. The molecule has 0 saturated heterocycles. The molecule has 1 N–H and O–H groups in total. The van der Waals surface area contributed by atoms with Crippen molar-refractivity contribution in [1.82, 2.24) is 0 Å². The molecular formula is C11H14F2O2. The van der Waals surface area contributed by atoms with E-state index in [-0.39, 0.29) is 17.1 Å². The number of halogens is 2. The van der Waals surface area contributed by atoms with Crippen LogP contribution in [0.3, 0.4) is 0 Å². The number of aliphatic hydroxyl groups excluding tert-OH is 1. The van der Waals surface area contributed by atoms with Crippen LogP contribution in [-0.4, -0.2) is 17.6 Å². The van der Waals surface area contributed by atoms with E-state index in [9.17, 15) is 13.9 Å². The van der Waals surface area contributed by atoms with Crippen LogP contribution in [0.15, 0.2) is 35.8 Å². The standard InChI is InChI=1S/C11H14F2O2/c1-6(2)9-7(3)11(12,13)5-15-10(9)8(4)14/h7,14H,1,4-5H2,2-3H3. The van der Waals surface area contributed by atoms with Gasteiger partial charge in [0.2, 0.25) is 0 Å². The van der Waals surface area contributed by atoms with E-state index in [0.29, 0.717) is 5.57 Å². The number of alkyl halides is 2. The Balaban J connectivity index is 3.25. The summed E-state index contributed by atoms with van der Waals surface area (Å²) in [6.07, 6.45) is 0. The van der Waals surface area contributed by atoms with Crippen molar-refractivity contribution in [2.24, 2.45) is 5.92 Å². The van der Waals surface area contributed by atoms with Crippen LogP contribution < -0.4 is 0 Å². The Bertz CT molecular complexity index is 342. The lowest BCUT2D eigenvalue weighted by atomic mass is 9.87. The van der Waals surface area contributed by atoms with E-state index < -0.39 is 18.4 Å². The lowest BCUT2D eigenvalue weighted by Gasteiger charge is -2.33. The molecule has 0 aliphatic carbocycles. The monoisotopic (exact) mass is 216 g/mol. The first-order chi connectivity index (χ1) is 6.77. The van der Waals surface area contributed by atoms with Gasteiger partial charge in [0.1, 0.15) is 0 Å². The summed E-state index contributed by atoms with van der Waals surface area (Å²) in [5.74, 6) is -4.27. The SMILES string of the molecule is C=C(C)C1=C(C(=C)O)OCC(F)(F)C1C. The first-order valence-electron chi connectivity index (χ1n) is 4.56. The van der Waals surface area contributed by atoms with Gasteiger partial charge in [-0.2, -0.15) is 0 Å². The fourth-order valence-electron chi connectivity index (χ4n) is 1.58. The molecule has 1 rings (SSSR count). The molecular weight excluding hydrogens is 202 g/mol. The Morgan fingerprint density at radius 1 is 1.53 bits per heavy atom. The van der Waals surface area contributed by atoms with Crippen LogP contribution in [-0.2, 0) is 4.74 Å². The van der Waals surface area contributed by atoms with E-state index >= 15 is 0 Å². The van der Waals surface area contributed by atoms with E-state index in [1.165, 1.54) is 6.92 Å². The third-order valence-electron chi connectivity index (χ3n) is 2.44. The second-order valence-corrected chi connectivity index (χ2v) is 3.74. The smallest absolute Gasteiger partial charge is 0.287 e. The van der Waals surface area contributed by atoms with Crippen LogP contribution in [0.2, 0.25) is 0 Å². The van der Waals surface area contributed by atoms with Crippen LogP contribution in [0.5, 0.6) is 0 Å². The van der Waals surface area contributed by atoms with E-state index in [4.69, 9.17) is 4.74 Å². The first-order valence-corrected chi connectivity index (χ1v) is 4.56. The largest absolute Gasteiger partial charge is 0.505 e. The number of rotatable bonds is 2. The van der Waals surface area contributed by atoms with Crippen molar-refractivity contribution in [3.8, 4) is 0 Å². The van der Waals surface area contributed by atoms with Gasteiger partial charge in [0.15, 0.2) is 18.1 Å². The molecule has 1 atom stereocenters. The molecule has 2 nitrogen and oxygen atoms in total. The van der Waals surface area contributed by atoms with Crippen LogP contribution in [0, 0.1) is 5.92 Å². The third-order valence-corrected chi connectivity index (χ3v) is 2.44. The normalized spacial score (nSPS) is 24.7. The maximum atomic E-state index is 13.3. The number of aliphatic hydroxyl groups is 1. The summed E-state index contributed by atoms with van der Waals surface area (Å²) in [5.41, 5.74) is 0.686. The topological polar surface area (TPSA) is 29.5 Å². The predicted molar refractivity (Wildman–Crippen MR) is 53.7 cm³/mol. The zero-order valence-electron chi connectivity index (χ0n) is 8.81. The van der Waals surface area contributed by atoms with Crippen molar-refractivity contribution in [3.63, 3.8) is 0 Å². The third kappa shape index (κ3) is 2.03. The highest BCUT2D eigenvalue weighted by Gasteiger charge is 2.45. The molecule has 0 aromatic carbocycles. The summed E-state index contributed by atoms with van der Waals surface area (Å²) in [4.78, 5) is 0. The van der Waals surface area contributed by atoms with E-state index in [0.717, 1.165) is 0 Å². The minimum Gasteiger partial charge on any atom is -0.505 e. The highest BCUT2D eigenvalue weighted by molar-refractivity contribution is 5.40. The molecule has 1 aliphatic rings.